The van der Waals surface area contributed by atoms with Crippen molar-refractivity contribution in [1.29, 1.82) is 0 Å². The number of carboxylic acids is 1. The third-order valence-corrected chi connectivity index (χ3v) is 3.20. The first-order chi connectivity index (χ1) is 9.71. The van der Waals surface area contributed by atoms with Crippen LogP contribution in [-0.2, 0) is 11.3 Å². The number of hydrogen-bond acceptors (Lipinski definition) is 4. The number of benzene rings is 1. The molecule has 1 N–H and O–H groups in total. The molecule has 0 aliphatic carbocycles. The summed E-state index contributed by atoms with van der Waals surface area (Å²) in [6.45, 7) is 4.96. The summed E-state index contributed by atoms with van der Waals surface area (Å²) in [5.41, 5.74) is -1.32. The molecule has 110 valence electrons. The molecule has 1 heterocycles. The van der Waals surface area contributed by atoms with Crippen molar-refractivity contribution in [3.05, 3.63) is 40.3 Å². The van der Waals surface area contributed by atoms with Gasteiger partial charge in [0.1, 0.15) is 6.54 Å². The molecule has 0 bridgehead atoms. The average Bonchev–Trinajstić information content (AvgIpc) is 2.40. The predicted molar refractivity (Wildman–Crippen MR) is 77.4 cm³/mol. The molecule has 0 radical (unpaired) electrons. The smallest absolute Gasteiger partial charge is 0.357 e. The Bertz CT molecular complexity index is 784. The van der Waals surface area contributed by atoms with Crippen molar-refractivity contribution < 1.29 is 14.7 Å². The van der Waals surface area contributed by atoms with Crippen LogP contribution >= 0.6 is 0 Å². The van der Waals surface area contributed by atoms with Gasteiger partial charge in [-0.15, -0.1) is 0 Å². The van der Waals surface area contributed by atoms with E-state index in [0.29, 0.717) is 0 Å². The van der Waals surface area contributed by atoms with Gasteiger partial charge in [0.15, 0.2) is 11.5 Å². The maximum atomic E-state index is 12.3. The van der Waals surface area contributed by atoms with Crippen molar-refractivity contribution in [2.75, 3.05) is 0 Å². The number of nitrogens with zero attached hydrogens (tertiary/aromatic N) is 2. The number of carbonyl (C=O) groups excluding carboxylic acids is 1. The third kappa shape index (κ3) is 2.84. The molecular weight excluding hydrogens is 272 g/mol. The van der Waals surface area contributed by atoms with Crippen LogP contribution in [0.3, 0.4) is 0 Å². The topological polar surface area (TPSA) is 89.3 Å². The second-order valence-electron chi connectivity index (χ2n) is 5.84. The van der Waals surface area contributed by atoms with Gasteiger partial charge in [-0.05, 0) is 6.07 Å². The minimum absolute atomic E-state index is 0.191. The van der Waals surface area contributed by atoms with Gasteiger partial charge >= 0.3 is 5.97 Å². The highest BCUT2D eigenvalue weighted by molar-refractivity contribution is 6.01. The Balaban J connectivity index is 2.66. The first-order valence-electron chi connectivity index (χ1n) is 6.48. The summed E-state index contributed by atoms with van der Waals surface area (Å²) >= 11 is 0. The number of fused-ring (bicyclic) bond motifs is 1. The first kappa shape index (κ1) is 14.9. The van der Waals surface area contributed by atoms with Gasteiger partial charge in [0.2, 0.25) is 0 Å². The number of ketones is 1. The number of rotatable bonds is 3. The van der Waals surface area contributed by atoms with E-state index in [9.17, 15) is 19.5 Å². The number of Topliss-reactive ketones (excluding diaryl/α,β-unsaturated/α-hetero) is 1. The molecule has 0 amide bonds. The number of carboxylic acid groups (broad SMARTS) is 1. The molecule has 0 fully saturated rings. The Kier molecular flexibility index (Phi) is 3.63. The predicted octanol–water partition coefficient (Wildman–Crippen LogP) is 1.71. The Hall–Kier alpha value is -2.50. The number of aromatic nitrogens is 2. The molecular formula is C15H16N2O4. The lowest BCUT2D eigenvalue weighted by Crippen LogP contribution is -2.33. The molecule has 0 saturated carbocycles. The largest absolute Gasteiger partial charge is 0.476 e. The highest BCUT2D eigenvalue weighted by atomic mass is 16.4. The summed E-state index contributed by atoms with van der Waals surface area (Å²) in [5, 5.41) is 13.6. The van der Waals surface area contributed by atoms with E-state index in [0.717, 1.165) is 4.68 Å². The molecule has 6 heteroatoms. The van der Waals surface area contributed by atoms with Gasteiger partial charge in [-0.25, -0.2) is 9.48 Å². The van der Waals surface area contributed by atoms with Gasteiger partial charge < -0.3 is 5.11 Å². The SMILES string of the molecule is CC(C)(C)C(=O)Cn1nc(C(=O)O)c2ccccc2c1=O. The van der Waals surface area contributed by atoms with E-state index in [1.165, 1.54) is 12.1 Å². The van der Waals surface area contributed by atoms with Crippen molar-refractivity contribution in [1.82, 2.24) is 9.78 Å². The summed E-state index contributed by atoms with van der Waals surface area (Å²) in [6, 6.07) is 6.35. The van der Waals surface area contributed by atoms with E-state index in [-0.39, 0.29) is 28.8 Å². The molecule has 0 aliphatic heterocycles. The van der Waals surface area contributed by atoms with Crippen LogP contribution in [0.15, 0.2) is 29.1 Å². The second-order valence-corrected chi connectivity index (χ2v) is 5.84. The van der Waals surface area contributed by atoms with Crippen molar-refractivity contribution in [3.63, 3.8) is 0 Å². The quantitative estimate of drug-likeness (QED) is 0.928. The van der Waals surface area contributed by atoms with Crippen LogP contribution in [0.2, 0.25) is 0 Å². The van der Waals surface area contributed by atoms with Crippen LogP contribution in [0.5, 0.6) is 0 Å². The monoisotopic (exact) mass is 288 g/mol. The number of carbonyl (C=O) groups is 2. The van der Waals surface area contributed by atoms with Gasteiger partial charge in [-0.1, -0.05) is 39.0 Å². The molecule has 21 heavy (non-hydrogen) atoms. The van der Waals surface area contributed by atoms with Gasteiger partial charge in [-0.3, -0.25) is 9.59 Å². The molecule has 0 atom stereocenters. The Morgan fingerprint density at radius 2 is 1.76 bits per heavy atom. The van der Waals surface area contributed by atoms with Gasteiger partial charge in [0.05, 0.1) is 5.39 Å². The minimum atomic E-state index is -1.23. The molecule has 0 saturated heterocycles. The Morgan fingerprint density at radius 1 is 1.19 bits per heavy atom. The Morgan fingerprint density at radius 3 is 2.29 bits per heavy atom. The average molecular weight is 288 g/mol. The molecule has 2 rings (SSSR count). The highest BCUT2D eigenvalue weighted by Crippen LogP contribution is 2.16. The van der Waals surface area contributed by atoms with E-state index in [1.807, 2.05) is 0 Å². The zero-order valence-electron chi connectivity index (χ0n) is 12.1. The van der Waals surface area contributed by atoms with Crippen LogP contribution in [-0.4, -0.2) is 26.6 Å². The second kappa shape index (κ2) is 5.12. The molecule has 0 unspecified atom stereocenters. The van der Waals surface area contributed by atoms with Crippen molar-refractivity contribution in [2.24, 2.45) is 5.41 Å². The van der Waals surface area contributed by atoms with Gasteiger partial charge in [0.25, 0.3) is 5.56 Å². The fraction of sp³-hybridized carbons (Fsp3) is 0.333. The molecule has 2 aromatic rings. The van der Waals surface area contributed by atoms with Crippen LogP contribution in [0.1, 0.15) is 31.3 Å². The lowest BCUT2D eigenvalue weighted by Gasteiger charge is -2.17. The van der Waals surface area contributed by atoms with Gasteiger partial charge in [-0.2, -0.15) is 5.10 Å². The minimum Gasteiger partial charge on any atom is -0.476 e. The zero-order chi connectivity index (χ0) is 15.8. The summed E-state index contributed by atoms with van der Waals surface area (Å²) in [4.78, 5) is 35.7. The first-order valence-corrected chi connectivity index (χ1v) is 6.48. The molecule has 0 spiro atoms. The lowest BCUT2D eigenvalue weighted by molar-refractivity contribution is -0.127. The van der Waals surface area contributed by atoms with E-state index in [4.69, 9.17) is 0 Å². The molecule has 1 aromatic carbocycles. The summed E-state index contributed by atoms with van der Waals surface area (Å²) in [5.74, 6) is -1.42. The summed E-state index contributed by atoms with van der Waals surface area (Å²) < 4.78 is 0.930. The molecule has 0 aliphatic rings. The van der Waals surface area contributed by atoms with Crippen molar-refractivity contribution >= 4 is 22.5 Å². The zero-order valence-corrected chi connectivity index (χ0v) is 12.1. The standard InChI is InChI=1S/C15H16N2O4/c1-15(2,3)11(18)8-17-13(19)10-7-5-4-6-9(10)12(16-17)14(20)21/h4-7H,8H2,1-3H3,(H,20,21). The van der Waals surface area contributed by atoms with Crippen LogP contribution in [0.4, 0.5) is 0 Å². The van der Waals surface area contributed by atoms with Gasteiger partial charge in [0, 0.05) is 10.8 Å². The summed E-state index contributed by atoms with van der Waals surface area (Å²) in [7, 11) is 0. The maximum Gasteiger partial charge on any atom is 0.357 e. The lowest BCUT2D eigenvalue weighted by atomic mass is 9.91. The maximum absolute atomic E-state index is 12.3. The fourth-order valence-electron chi connectivity index (χ4n) is 1.87. The van der Waals surface area contributed by atoms with Crippen LogP contribution < -0.4 is 5.56 Å². The van der Waals surface area contributed by atoms with Crippen LogP contribution in [0, 0.1) is 5.41 Å². The van der Waals surface area contributed by atoms with Crippen LogP contribution in [0.25, 0.3) is 10.8 Å². The van der Waals surface area contributed by atoms with E-state index in [2.05, 4.69) is 5.10 Å². The third-order valence-electron chi connectivity index (χ3n) is 3.20. The van der Waals surface area contributed by atoms with Crippen molar-refractivity contribution in [3.8, 4) is 0 Å². The van der Waals surface area contributed by atoms with E-state index < -0.39 is 16.9 Å². The molecule has 1 aromatic heterocycles. The number of hydrogen-bond donors (Lipinski definition) is 1. The Labute approximate surface area is 121 Å². The highest BCUT2D eigenvalue weighted by Gasteiger charge is 2.23. The summed E-state index contributed by atoms with van der Waals surface area (Å²) in [6.07, 6.45) is 0. The normalized spacial score (nSPS) is 11.6. The molecule has 6 nitrogen and oxygen atoms in total. The van der Waals surface area contributed by atoms with Crippen molar-refractivity contribution in [2.45, 2.75) is 27.3 Å². The fourth-order valence-corrected chi connectivity index (χ4v) is 1.87. The van der Waals surface area contributed by atoms with E-state index in [1.54, 1.807) is 32.9 Å². The van der Waals surface area contributed by atoms with E-state index >= 15 is 0 Å². The number of aromatic carboxylic acids is 1.